The topological polar surface area (TPSA) is 83.3 Å². The third-order valence-electron chi connectivity index (χ3n) is 3.59. The molecule has 0 amide bonds. The van der Waals surface area contributed by atoms with Crippen molar-refractivity contribution in [1.82, 2.24) is 10.4 Å². The van der Waals surface area contributed by atoms with Crippen molar-refractivity contribution < 1.29 is 0 Å². The first-order chi connectivity index (χ1) is 9.20. The van der Waals surface area contributed by atoms with Gasteiger partial charge < -0.3 is 10.4 Å². The number of hydrogen-bond acceptors (Lipinski definition) is 3. The summed E-state index contributed by atoms with van der Waals surface area (Å²) < 4.78 is 0. The summed E-state index contributed by atoms with van der Waals surface area (Å²) in [5, 5.41) is 0. The fraction of sp³-hybridized carbons (Fsp3) is 0.571. The molecule has 1 heterocycles. The standard InChI is InChI=1S/C14H22N4O/c1-10-8-13(19)12(9-16-10)14(18-15)17-11-6-4-2-3-5-7-11/h8-9,11H,2-7,15H2,1H3,(H,16,19)(H,17,18). The molecule has 0 saturated heterocycles. The summed E-state index contributed by atoms with van der Waals surface area (Å²) in [5.41, 5.74) is 3.87. The lowest BCUT2D eigenvalue weighted by Crippen LogP contribution is -2.36. The summed E-state index contributed by atoms with van der Waals surface area (Å²) in [7, 11) is 0. The Morgan fingerprint density at radius 1 is 1.37 bits per heavy atom. The highest BCUT2D eigenvalue weighted by Crippen LogP contribution is 2.20. The molecule has 5 nitrogen and oxygen atoms in total. The van der Waals surface area contributed by atoms with Gasteiger partial charge in [0.05, 0.1) is 11.6 Å². The summed E-state index contributed by atoms with van der Waals surface area (Å²) >= 11 is 0. The number of pyridine rings is 1. The molecule has 0 bridgehead atoms. The van der Waals surface area contributed by atoms with Gasteiger partial charge in [-0.1, -0.05) is 25.7 Å². The summed E-state index contributed by atoms with van der Waals surface area (Å²) in [4.78, 5) is 19.6. The Morgan fingerprint density at radius 3 is 2.63 bits per heavy atom. The van der Waals surface area contributed by atoms with Crippen molar-refractivity contribution in [2.45, 2.75) is 51.5 Å². The molecule has 0 unspecified atom stereocenters. The second-order valence-corrected chi connectivity index (χ2v) is 5.16. The molecule has 5 heteroatoms. The van der Waals surface area contributed by atoms with Gasteiger partial charge in [0, 0.05) is 18.0 Å². The van der Waals surface area contributed by atoms with Gasteiger partial charge in [-0.05, 0) is 19.8 Å². The lowest BCUT2D eigenvalue weighted by Gasteiger charge is -2.12. The van der Waals surface area contributed by atoms with E-state index in [0.717, 1.165) is 18.5 Å². The molecule has 1 aromatic heterocycles. The molecule has 19 heavy (non-hydrogen) atoms. The lowest BCUT2D eigenvalue weighted by atomic mass is 10.1. The van der Waals surface area contributed by atoms with Gasteiger partial charge in [0.1, 0.15) is 5.84 Å². The molecular formula is C14H22N4O. The maximum absolute atomic E-state index is 12.0. The minimum atomic E-state index is -0.0541. The Balaban J connectivity index is 2.25. The molecule has 0 aromatic carbocycles. The number of aromatic nitrogens is 1. The number of hydrogen-bond donors (Lipinski definition) is 3. The number of nitrogens with one attached hydrogen (secondary N) is 2. The van der Waals surface area contributed by atoms with Gasteiger partial charge in [-0.3, -0.25) is 9.79 Å². The Morgan fingerprint density at radius 2 is 2.05 bits per heavy atom. The fourth-order valence-corrected chi connectivity index (χ4v) is 2.51. The van der Waals surface area contributed by atoms with Crippen molar-refractivity contribution in [2.24, 2.45) is 10.8 Å². The molecule has 0 aliphatic heterocycles. The molecule has 2 rings (SSSR count). The van der Waals surface area contributed by atoms with Gasteiger partial charge in [-0.2, -0.15) is 0 Å². The molecule has 1 fully saturated rings. The summed E-state index contributed by atoms with van der Waals surface area (Å²) in [6.45, 7) is 1.85. The van der Waals surface area contributed by atoms with E-state index in [0.29, 0.717) is 11.4 Å². The van der Waals surface area contributed by atoms with Crippen LogP contribution < -0.4 is 16.7 Å². The van der Waals surface area contributed by atoms with Gasteiger partial charge in [-0.15, -0.1) is 0 Å². The van der Waals surface area contributed by atoms with Crippen LogP contribution in [0.25, 0.3) is 0 Å². The van der Waals surface area contributed by atoms with E-state index < -0.39 is 0 Å². The molecule has 1 aromatic rings. The average Bonchev–Trinajstić information content (AvgIpc) is 2.65. The Kier molecular flexibility index (Phi) is 4.74. The number of aryl methyl sites for hydroxylation is 1. The van der Waals surface area contributed by atoms with Crippen LogP contribution in [0.1, 0.15) is 49.8 Å². The third-order valence-corrected chi connectivity index (χ3v) is 3.59. The first kappa shape index (κ1) is 13.8. The van der Waals surface area contributed by atoms with Crippen LogP contribution in [0.3, 0.4) is 0 Å². The predicted molar refractivity (Wildman–Crippen MR) is 77.1 cm³/mol. The van der Waals surface area contributed by atoms with Crippen LogP contribution in [-0.2, 0) is 0 Å². The van der Waals surface area contributed by atoms with Gasteiger partial charge in [0.15, 0.2) is 5.43 Å². The van der Waals surface area contributed by atoms with Crippen LogP contribution in [0.4, 0.5) is 0 Å². The van der Waals surface area contributed by atoms with Crippen LogP contribution in [0.5, 0.6) is 0 Å². The van der Waals surface area contributed by atoms with Crippen LogP contribution >= 0.6 is 0 Å². The van der Waals surface area contributed by atoms with E-state index in [2.05, 4.69) is 15.4 Å². The van der Waals surface area contributed by atoms with Gasteiger partial charge in [-0.25, -0.2) is 5.84 Å². The van der Waals surface area contributed by atoms with E-state index in [9.17, 15) is 4.79 Å². The molecule has 104 valence electrons. The highest BCUT2D eigenvalue weighted by Gasteiger charge is 2.14. The highest BCUT2D eigenvalue weighted by molar-refractivity contribution is 5.98. The third kappa shape index (κ3) is 3.67. The van der Waals surface area contributed by atoms with E-state index in [-0.39, 0.29) is 11.5 Å². The monoisotopic (exact) mass is 262 g/mol. The van der Waals surface area contributed by atoms with Crippen molar-refractivity contribution in [3.63, 3.8) is 0 Å². The number of hydrazine groups is 1. The average molecular weight is 262 g/mol. The largest absolute Gasteiger partial charge is 0.364 e. The number of amidine groups is 1. The van der Waals surface area contributed by atoms with E-state index in [4.69, 9.17) is 5.84 Å². The van der Waals surface area contributed by atoms with E-state index in [1.165, 1.54) is 25.7 Å². The fourth-order valence-electron chi connectivity index (χ4n) is 2.51. The molecule has 1 aliphatic carbocycles. The Bertz CT molecular complexity index is 498. The summed E-state index contributed by atoms with van der Waals surface area (Å²) in [5.74, 6) is 6.03. The minimum absolute atomic E-state index is 0.0541. The van der Waals surface area contributed by atoms with Crippen molar-refractivity contribution in [1.29, 1.82) is 0 Å². The Hall–Kier alpha value is -1.62. The summed E-state index contributed by atoms with van der Waals surface area (Å²) in [6, 6.07) is 1.84. The van der Waals surface area contributed by atoms with E-state index >= 15 is 0 Å². The second kappa shape index (κ2) is 6.52. The number of nitrogens with two attached hydrogens (primary N) is 1. The molecule has 0 atom stereocenters. The van der Waals surface area contributed by atoms with Crippen LogP contribution in [-0.4, -0.2) is 16.9 Å². The van der Waals surface area contributed by atoms with Crippen molar-refractivity contribution >= 4 is 5.84 Å². The maximum Gasteiger partial charge on any atom is 0.192 e. The van der Waals surface area contributed by atoms with Gasteiger partial charge >= 0.3 is 0 Å². The van der Waals surface area contributed by atoms with Crippen LogP contribution in [0, 0.1) is 6.92 Å². The van der Waals surface area contributed by atoms with Crippen molar-refractivity contribution in [3.8, 4) is 0 Å². The molecule has 0 radical (unpaired) electrons. The first-order valence-electron chi connectivity index (χ1n) is 6.95. The summed E-state index contributed by atoms with van der Waals surface area (Å²) in [6.07, 6.45) is 8.80. The van der Waals surface area contributed by atoms with E-state index in [1.807, 2.05) is 6.92 Å². The molecular weight excluding hydrogens is 240 g/mol. The highest BCUT2D eigenvalue weighted by atomic mass is 16.1. The maximum atomic E-state index is 12.0. The lowest BCUT2D eigenvalue weighted by molar-refractivity contribution is 0.583. The molecule has 1 aliphatic rings. The quantitative estimate of drug-likeness (QED) is 0.249. The zero-order valence-electron chi connectivity index (χ0n) is 11.4. The van der Waals surface area contributed by atoms with Crippen molar-refractivity contribution in [2.75, 3.05) is 0 Å². The molecule has 4 N–H and O–H groups in total. The number of rotatable bonds is 2. The van der Waals surface area contributed by atoms with Crippen LogP contribution in [0.2, 0.25) is 0 Å². The number of H-pyrrole nitrogens is 1. The Labute approximate surface area is 113 Å². The normalized spacial score (nSPS) is 18.1. The zero-order chi connectivity index (χ0) is 13.7. The smallest absolute Gasteiger partial charge is 0.192 e. The zero-order valence-corrected chi connectivity index (χ0v) is 11.4. The number of nitrogens with zero attached hydrogens (tertiary/aromatic N) is 1. The predicted octanol–water partition coefficient (Wildman–Crippen LogP) is 1.62. The molecule has 1 saturated carbocycles. The van der Waals surface area contributed by atoms with Gasteiger partial charge in [0.2, 0.25) is 0 Å². The van der Waals surface area contributed by atoms with E-state index in [1.54, 1.807) is 12.3 Å². The van der Waals surface area contributed by atoms with Gasteiger partial charge in [0.25, 0.3) is 0 Å². The SMILES string of the molecule is Cc1cc(=O)c(C(=NC2CCCCCC2)NN)c[nH]1. The van der Waals surface area contributed by atoms with Crippen molar-refractivity contribution in [3.05, 3.63) is 33.7 Å². The second-order valence-electron chi connectivity index (χ2n) is 5.16. The number of aromatic amines is 1. The first-order valence-corrected chi connectivity index (χ1v) is 6.95. The molecule has 0 spiro atoms. The van der Waals surface area contributed by atoms with Crippen LogP contribution in [0.15, 0.2) is 22.1 Å². The number of aliphatic imine (C=N–C) groups is 1. The minimum Gasteiger partial charge on any atom is -0.364 e.